The van der Waals surface area contributed by atoms with Crippen molar-refractivity contribution in [3.8, 4) is 0 Å². The van der Waals surface area contributed by atoms with Crippen molar-refractivity contribution in [2.75, 3.05) is 6.61 Å². The average Bonchev–Trinajstić information content (AvgIpc) is 2.27. The number of hydrogen-bond acceptors (Lipinski definition) is 3. The van der Waals surface area contributed by atoms with Gasteiger partial charge in [0.15, 0.2) is 0 Å². The molecule has 0 radical (unpaired) electrons. The zero-order chi connectivity index (χ0) is 10.8. The number of para-hydroxylation sites is 1. The second kappa shape index (κ2) is 4.14. The fourth-order valence-corrected chi connectivity index (χ4v) is 1.71. The van der Waals surface area contributed by atoms with E-state index in [4.69, 9.17) is 16.7 Å². The van der Waals surface area contributed by atoms with Gasteiger partial charge in [-0.1, -0.05) is 29.8 Å². The van der Waals surface area contributed by atoms with Crippen molar-refractivity contribution >= 4 is 22.5 Å². The lowest BCUT2D eigenvalue weighted by molar-refractivity contribution is 0.0955. The minimum atomic E-state index is -0.977. The Kier molecular flexibility index (Phi) is 2.86. The normalized spacial score (nSPS) is 13.0. The van der Waals surface area contributed by atoms with Crippen LogP contribution in [0.15, 0.2) is 30.3 Å². The third-order valence-electron chi connectivity index (χ3n) is 2.24. The van der Waals surface area contributed by atoms with Crippen molar-refractivity contribution in [1.82, 2.24) is 4.98 Å². The van der Waals surface area contributed by atoms with Gasteiger partial charge in [0.1, 0.15) is 11.3 Å². The van der Waals surface area contributed by atoms with E-state index in [9.17, 15) is 5.11 Å². The molecule has 0 aliphatic carbocycles. The highest BCUT2D eigenvalue weighted by molar-refractivity contribution is 6.30. The van der Waals surface area contributed by atoms with Crippen LogP contribution in [-0.2, 0) is 0 Å². The lowest BCUT2D eigenvalue weighted by Crippen LogP contribution is -2.04. The molecule has 1 unspecified atom stereocenters. The van der Waals surface area contributed by atoms with Gasteiger partial charge < -0.3 is 10.2 Å². The maximum absolute atomic E-state index is 9.50. The summed E-state index contributed by atoms with van der Waals surface area (Å²) in [5, 5.41) is 19.5. The van der Waals surface area contributed by atoms with Crippen molar-refractivity contribution in [3.05, 3.63) is 41.0 Å². The van der Waals surface area contributed by atoms with Gasteiger partial charge in [0.2, 0.25) is 0 Å². The Balaban J connectivity index is 2.61. The molecule has 0 saturated carbocycles. The topological polar surface area (TPSA) is 53.4 Å². The average molecular weight is 224 g/mol. The maximum atomic E-state index is 9.50. The maximum Gasteiger partial charge on any atom is 0.135 e. The van der Waals surface area contributed by atoms with Gasteiger partial charge in [-0.3, -0.25) is 0 Å². The Morgan fingerprint density at radius 2 is 2.07 bits per heavy atom. The molecule has 0 bridgehead atoms. The van der Waals surface area contributed by atoms with Crippen LogP contribution in [0.1, 0.15) is 11.7 Å². The molecule has 1 aromatic carbocycles. The van der Waals surface area contributed by atoms with Gasteiger partial charge in [-0.15, -0.1) is 0 Å². The Morgan fingerprint density at radius 1 is 1.33 bits per heavy atom. The van der Waals surface area contributed by atoms with E-state index in [1.807, 2.05) is 24.3 Å². The molecule has 0 aliphatic heterocycles. The van der Waals surface area contributed by atoms with Gasteiger partial charge in [0, 0.05) is 10.9 Å². The number of hydrogen-bond donors (Lipinski definition) is 2. The lowest BCUT2D eigenvalue weighted by atomic mass is 10.1. The first kappa shape index (κ1) is 10.4. The minimum absolute atomic E-state index is 0.232. The summed E-state index contributed by atoms with van der Waals surface area (Å²) in [5.41, 5.74) is 1.23. The first-order valence-corrected chi connectivity index (χ1v) is 4.94. The number of aliphatic hydroxyl groups excluding tert-OH is 2. The van der Waals surface area contributed by atoms with Gasteiger partial charge in [-0.2, -0.15) is 0 Å². The van der Waals surface area contributed by atoms with E-state index in [0.29, 0.717) is 5.56 Å². The van der Waals surface area contributed by atoms with E-state index in [1.54, 1.807) is 6.07 Å². The third kappa shape index (κ3) is 1.95. The zero-order valence-electron chi connectivity index (χ0n) is 7.89. The van der Waals surface area contributed by atoms with Crippen LogP contribution >= 0.6 is 11.6 Å². The zero-order valence-corrected chi connectivity index (χ0v) is 8.65. The monoisotopic (exact) mass is 223 g/mol. The van der Waals surface area contributed by atoms with Crippen molar-refractivity contribution < 1.29 is 10.2 Å². The summed E-state index contributed by atoms with van der Waals surface area (Å²) in [6.07, 6.45) is -0.977. The van der Waals surface area contributed by atoms with Crippen molar-refractivity contribution in [1.29, 1.82) is 0 Å². The van der Waals surface area contributed by atoms with Crippen molar-refractivity contribution in [2.45, 2.75) is 6.10 Å². The van der Waals surface area contributed by atoms with E-state index in [2.05, 4.69) is 4.98 Å². The molecule has 4 heteroatoms. The van der Waals surface area contributed by atoms with Gasteiger partial charge in [0.05, 0.1) is 12.1 Å². The third-order valence-corrected chi connectivity index (χ3v) is 2.54. The summed E-state index contributed by atoms with van der Waals surface area (Å²) in [6, 6.07) is 9.22. The Hall–Kier alpha value is -1.16. The largest absolute Gasteiger partial charge is 0.393 e. The standard InChI is InChI=1S/C11H10ClNO2/c12-11-8(10(15)6-14)5-7-3-1-2-4-9(7)13-11/h1-5,10,14-15H,6H2. The van der Waals surface area contributed by atoms with E-state index in [0.717, 1.165) is 10.9 Å². The summed E-state index contributed by atoms with van der Waals surface area (Å²) in [6.45, 7) is -0.361. The molecule has 2 aromatic rings. The fraction of sp³-hybridized carbons (Fsp3) is 0.182. The van der Waals surface area contributed by atoms with Crippen LogP contribution in [0.4, 0.5) is 0 Å². The summed E-state index contributed by atoms with van der Waals surface area (Å²) < 4.78 is 0. The smallest absolute Gasteiger partial charge is 0.135 e. The molecule has 15 heavy (non-hydrogen) atoms. The summed E-state index contributed by atoms with van der Waals surface area (Å²) >= 11 is 5.89. The van der Waals surface area contributed by atoms with E-state index in [-0.39, 0.29) is 11.8 Å². The Bertz CT molecular complexity index is 487. The number of pyridine rings is 1. The number of benzene rings is 1. The van der Waals surface area contributed by atoms with E-state index in [1.165, 1.54) is 0 Å². The molecular formula is C11H10ClNO2. The molecule has 0 aliphatic rings. The van der Waals surface area contributed by atoms with Gasteiger partial charge in [-0.25, -0.2) is 4.98 Å². The SMILES string of the molecule is OCC(O)c1cc2ccccc2nc1Cl. The summed E-state index contributed by atoms with van der Waals surface area (Å²) in [4.78, 5) is 4.14. The minimum Gasteiger partial charge on any atom is -0.393 e. The quantitative estimate of drug-likeness (QED) is 0.765. The second-order valence-corrected chi connectivity index (χ2v) is 3.62. The predicted molar refractivity (Wildman–Crippen MR) is 58.8 cm³/mol. The van der Waals surface area contributed by atoms with Crippen LogP contribution in [-0.4, -0.2) is 21.8 Å². The molecule has 3 nitrogen and oxygen atoms in total. The van der Waals surface area contributed by atoms with Crippen molar-refractivity contribution in [2.24, 2.45) is 0 Å². The van der Waals surface area contributed by atoms with Crippen LogP contribution in [0, 0.1) is 0 Å². The fourth-order valence-electron chi connectivity index (χ4n) is 1.44. The number of fused-ring (bicyclic) bond motifs is 1. The number of halogens is 1. The molecule has 1 heterocycles. The second-order valence-electron chi connectivity index (χ2n) is 3.26. The van der Waals surface area contributed by atoms with Crippen LogP contribution < -0.4 is 0 Å². The highest BCUT2D eigenvalue weighted by atomic mass is 35.5. The Morgan fingerprint density at radius 3 is 2.80 bits per heavy atom. The molecule has 1 aromatic heterocycles. The van der Waals surface area contributed by atoms with Crippen LogP contribution in [0.5, 0.6) is 0 Å². The van der Waals surface area contributed by atoms with Gasteiger partial charge in [-0.05, 0) is 12.1 Å². The number of nitrogens with zero attached hydrogens (tertiary/aromatic N) is 1. The van der Waals surface area contributed by atoms with Gasteiger partial charge >= 0.3 is 0 Å². The molecule has 0 fully saturated rings. The molecule has 1 atom stereocenters. The predicted octanol–water partition coefficient (Wildman–Crippen LogP) is 1.91. The Labute approximate surface area is 92.0 Å². The van der Waals surface area contributed by atoms with Crippen molar-refractivity contribution in [3.63, 3.8) is 0 Å². The van der Waals surface area contributed by atoms with Crippen LogP contribution in [0.2, 0.25) is 5.15 Å². The van der Waals surface area contributed by atoms with Gasteiger partial charge in [0.25, 0.3) is 0 Å². The molecule has 2 rings (SSSR count). The molecular weight excluding hydrogens is 214 g/mol. The highest BCUT2D eigenvalue weighted by Crippen LogP contribution is 2.25. The van der Waals surface area contributed by atoms with E-state index >= 15 is 0 Å². The molecule has 0 saturated heterocycles. The summed E-state index contributed by atoms with van der Waals surface area (Å²) in [7, 11) is 0. The molecule has 78 valence electrons. The van der Waals surface area contributed by atoms with Crippen LogP contribution in [0.3, 0.4) is 0 Å². The number of aliphatic hydroxyl groups is 2. The molecule has 0 amide bonds. The first-order chi connectivity index (χ1) is 7.22. The number of aromatic nitrogens is 1. The first-order valence-electron chi connectivity index (χ1n) is 4.56. The molecule has 0 spiro atoms. The summed E-state index contributed by atoms with van der Waals surface area (Å²) in [5.74, 6) is 0. The lowest BCUT2D eigenvalue weighted by Gasteiger charge is -2.10. The highest BCUT2D eigenvalue weighted by Gasteiger charge is 2.12. The number of rotatable bonds is 2. The van der Waals surface area contributed by atoms with E-state index < -0.39 is 6.10 Å². The molecule has 2 N–H and O–H groups in total. The van der Waals surface area contributed by atoms with Crippen LogP contribution in [0.25, 0.3) is 10.9 Å².